The molecule has 3 aliphatic heterocycles. The summed E-state index contributed by atoms with van der Waals surface area (Å²) in [6.07, 6.45) is -0.287. The first-order chi connectivity index (χ1) is 21.2. The summed E-state index contributed by atoms with van der Waals surface area (Å²) in [5.41, 5.74) is 3.37. The molecule has 0 spiro atoms. The standard InChI is InChI=1S/C32H34F2N6O4/c1-20(41)30(42)40-13-10-29(32(33,34)19-40)44-28-7-4-22(14-24(28)15-35)27-8-11-36-31(38-27)37-25-5-2-21(3-6-25)23-9-12-39(16-23)26-17-43-18-26/h2-8,11,14,20,23,26,29,41H,9-10,12-13,16-19H2,1H3,(H,36,37,38)/t20-,23?,29?/m1/s1. The summed E-state index contributed by atoms with van der Waals surface area (Å²) >= 11 is 0. The van der Waals surface area contributed by atoms with Crippen LogP contribution in [0.5, 0.6) is 5.75 Å². The average molecular weight is 605 g/mol. The van der Waals surface area contributed by atoms with E-state index in [1.54, 1.807) is 24.4 Å². The lowest BCUT2D eigenvalue weighted by Gasteiger charge is -2.38. The topological polar surface area (TPSA) is 124 Å². The van der Waals surface area contributed by atoms with Crippen molar-refractivity contribution in [3.63, 3.8) is 0 Å². The van der Waals surface area contributed by atoms with E-state index in [2.05, 4.69) is 32.3 Å². The van der Waals surface area contributed by atoms with Crippen molar-refractivity contribution in [2.45, 2.75) is 49.9 Å². The molecule has 10 nitrogen and oxygen atoms in total. The number of likely N-dealkylation sites (tertiary alicyclic amines) is 2. The Kier molecular flexibility index (Phi) is 8.44. The van der Waals surface area contributed by atoms with Gasteiger partial charge in [-0.2, -0.15) is 5.26 Å². The third kappa shape index (κ3) is 6.36. The Morgan fingerprint density at radius 3 is 2.66 bits per heavy atom. The second-order valence-electron chi connectivity index (χ2n) is 11.6. The number of alkyl halides is 2. The number of nitriles is 1. The van der Waals surface area contributed by atoms with E-state index in [9.17, 15) is 23.9 Å². The summed E-state index contributed by atoms with van der Waals surface area (Å²) in [4.78, 5) is 24.4. The molecule has 12 heteroatoms. The number of aliphatic hydroxyl groups excluding tert-OH is 1. The van der Waals surface area contributed by atoms with Gasteiger partial charge in [0.15, 0.2) is 6.10 Å². The molecule has 4 heterocycles. The molecule has 230 valence electrons. The monoisotopic (exact) mass is 604 g/mol. The Morgan fingerprint density at radius 1 is 1.18 bits per heavy atom. The second kappa shape index (κ2) is 12.4. The third-order valence-electron chi connectivity index (χ3n) is 8.52. The van der Waals surface area contributed by atoms with Crippen molar-refractivity contribution >= 4 is 17.5 Å². The van der Waals surface area contributed by atoms with Gasteiger partial charge in [0.25, 0.3) is 5.91 Å². The number of nitrogens with one attached hydrogen (secondary N) is 1. The van der Waals surface area contributed by atoms with E-state index in [-0.39, 0.29) is 24.3 Å². The highest BCUT2D eigenvalue weighted by Gasteiger charge is 2.48. The van der Waals surface area contributed by atoms with Crippen LogP contribution in [0.3, 0.4) is 0 Å². The maximum Gasteiger partial charge on any atom is 0.301 e. The van der Waals surface area contributed by atoms with Crippen LogP contribution in [0.25, 0.3) is 11.3 Å². The maximum absolute atomic E-state index is 14.9. The van der Waals surface area contributed by atoms with Gasteiger partial charge in [0.2, 0.25) is 5.95 Å². The van der Waals surface area contributed by atoms with Gasteiger partial charge >= 0.3 is 5.92 Å². The van der Waals surface area contributed by atoms with Crippen molar-refractivity contribution in [3.8, 4) is 23.1 Å². The van der Waals surface area contributed by atoms with Crippen LogP contribution < -0.4 is 10.1 Å². The lowest BCUT2D eigenvalue weighted by atomic mass is 9.98. The van der Waals surface area contributed by atoms with Crippen LogP contribution in [-0.2, 0) is 9.53 Å². The van der Waals surface area contributed by atoms with E-state index in [4.69, 9.17) is 9.47 Å². The molecule has 2 N–H and O–H groups in total. The largest absolute Gasteiger partial charge is 0.483 e. The fraction of sp³-hybridized carbons (Fsp3) is 0.438. The Balaban J connectivity index is 1.10. The number of aliphatic hydroxyl groups is 1. The van der Waals surface area contributed by atoms with Crippen LogP contribution in [-0.4, -0.2) is 94.3 Å². The molecular weight excluding hydrogens is 570 g/mol. The molecule has 3 atom stereocenters. The van der Waals surface area contributed by atoms with Gasteiger partial charge in [-0.15, -0.1) is 0 Å². The summed E-state index contributed by atoms with van der Waals surface area (Å²) in [6, 6.07) is 17.3. The maximum atomic E-state index is 14.9. The zero-order valence-electron chi connectivity index (χ0n) is 24.3. The molecule has 6 rings (SSSR count). The molecular formula is C32H34F2N6O4. The van der Waals surface area contributed by atoms with Crippen molar-refractivity contribution in [3.05, 3.63) is 65.9 Å². The number of nitrogens with zero attached hydrogens (tertiary/aromatic N) is 5. The van der Waals surface area contributed by atoms with Gasteiger partial charge in [0.05, 0.1) is 37.1 Å². The molecule has 2 unspecified atom stereocenters. The number of amides is 1. The predicted molar refractivity (Wildman–Crippen MR) is 158 cm³/mol. The van der Waals surface area contributed by atoms with Crippen LogP contribution in [0.2, 0.25) is 0 Å². The van der Waals surface area contributed by atoms with Gasteiger partial charge in [0, 0.05) is 37.0 Å². The number of rotatable bonds is 8. The molecule has 1 aromatic heterocycles. The molecule has 1 amide bonds. The van der Waals surface area contributed by atoms with E-state index < -0.39 is 30.6 Å². The number of halogens is 2. The minimum Gasteiger partial charge on any atom is -0.483 e. The Hall–Kier alpha value is -4.18. The Bertz CT molecular complexity index is 1540. The lowest BCUT2D eigenvalue weighted by molar-refractivity contribution is -0.165. The van der Waals surface area contributed by atoms with Gasteiger partial charge in [-0.25, -0.2) is 18.7 Å². The third-order valence-corrected chi connectivity index (χ3v) is 8.52. The van der Waals surface area contributed by atoms with Gasteiger partial charge < -0.3 is 24.8 Å². The van der Waals surface area contributed by atoms with E-state index in [0.29, 0.717) is 29.2 Å². The number of piperidine rings is 1. The summed E-state index contributed by atoms with van der Waals surface area (Å²) in [5.74, 6) is -3.21. The summed E-state index contributed by atoms with van der Waals surface area (Å²) < 4.78 is 40.7. The summed E-state index contributed by atoms with van der Waals surface area (Å²) in [5, 5.41) is 22.5. The first kappa shape index (κ1) is 29.9. The van der Waals surface area contributed by atoms with Gasteiger partial charge in [0.1, 0.15) is 17.9 Å². The van der Waals surface area contributed by atoms with E-state index in [1.165, 1.54) is 18.6 Å². The lowest BCUT2D eigenvalue weighted by Crippen LogP contribution is -2.56. The number of benzene rings is 2. The van der Waals surface area contributed by atoms with Crippen molar-refractivity contribution in [1.82, 2.24) is 19.8 Å². The molecule has 3 aliphatic rings. The summed E-state index contributed by atoms with van der Waals surface area (Å²) in [7, 11) is 0. The molecule has 3 fully saturated rings. The van der Waals surface area contributed by atoms with Crippen molar-refractivity contribution in [2.75, 3.05) is 44.7 Å². The van der Waals surface area contributed by atoms with Crippen LogP contribution >= 0.6 is 0 Å². The highest BCUT2D eigenvalue weighted by atomic mass is 19.3. The smallest absolute Gasteiger partial charge is 0.301 e. The number of carbonyl (C=O) groups excluding carboxylic acids is 1. The number of carbonyl (C=O) groups is 1. The Labute approximate surface area is 254 Å². The normalized spacial score (nSPS) is 22.6. The first-order valence-corrected chi connectivity index (χ1v) is 14.8. The van der Waals surface area contributed by atoms with E-state index in [0.717, 1.165) is 43.3 Å². The zero-order chi connectivity index (χ0) is 30.8. The molecule has 44 heavy (non-hydrogen) atoms. The predicted octanol–water partition coefficient (Wildman–Crippen LogP) is 3.94. The minimum atomic E-state index is -3.36. The average Bonchev–Trinajstić information content (AvgIpc) is 3.46. The number of hydrogen-bond acceptors (Lipinski definition) is 9. The zero-order valence-corrected chi connectivity index (χ0v) is 24.3. The highest BCUT2D eigenvalue weighted by Crippen LogP contribution is 2.34. The number of anilines is 2. The van der Waals surface area contributed by atoms with Gasteiger partial charge in [-0.1, -0.05) is 12.1 Å². The van der Waals surface area contributed by atoms with E-state index in [1.807, 2.05) is 18.2 Å². The molecule has 3 saturated heterocycles. The second-order valence-corrected chi connectivity index (χ2v) is 11.6. The first-order valence-electron chi connectivity index (χ1n) is 14.8. The molecule has 0 saturated carbocycles. The fourth-order valence-electron chi connectivity index (χ4n) is 5.92. The number of hydrogen-bond donors (Lipinski definition) is 2. The van der Waals surface area contributed by atoms with Crippen LogP contribution in [0, 0.1) is 11.3 Å². The molecule has 3 aromatic rings. The number of aromatic nitrogens is 2. The van der Waals surface area contributed by atoms with Crippen LogP contribution in [0.1, 0.15) is 36.8 Å². The quantitative estimate of drug-likeness (QED) is 0.394. The van der Waals surface area contributed by atoms with Crippen LogP contribution in [0.4, 0.5) is 20.4 Å². The van der Waals surface area contributed by atoms with Crippen molar-refractivity contribution in [2.24, 2.45) is 0 Å². The molecule has 0 aliphatic carbocycles. The molecule has 0 bridgehead atoms. The van der Waals surface area contributed by atoms with Crippen molar-refractivity contribution < 1.29 is 28.2 Å². The van der Waals surface area contributed by atoms with Crippen LogP contribution in [0.15, 0.2) is 54.7 Å². The molecule has 0 radical (unpaired) electrons. The van der Waals surface area contributed by atoms with E-state index >= 15 is 0 Å². The SMILES string of the molecule is C[C@@H](O)C(=O)N1CCC(Oc2ccc(-c3ccnc(Nc4ccc(C5CCN(C6COC6)C5)cc4)n3)cc2C#N)C(F)(F)C1. The number of ether oxygens (including phenoxy) is 2. The molecule has 2 aromatic carbocycles. The minimum absolute atomic E-state index is 0.0127. The highest BCUT2D eigenvalue weighted by molar-refractivity contribution is 5.80. The fourth-order valence-corrected chi connectivity index (χ4v) is 5.92. The van der Waals surface area contributed by atoms with Gasteiger partial charge in [-0.05, 0) is 67.8 Å². The Morgan fingerprint density at radius 2 is 1.98 bits per heavy atom. The summed E-state index contributed by atoms with van der Waals surface area (Å²) in [6.45, 7) is 4.20. The van der Waals surface area contributed by atoms with Crippen molar-refractivity contribution in [1.29, 1.82) is 5.26 Å². The van der Waals surface area contributed by atoms with Gasteiger partial charge in [-0.3, -0.25) is 9.69 Å².